The van der Waals surface area contributed by atoms with Gasteiger partial charge in [0.05, 0.1) is 0 Å². The molecule has 2 N–H and O–H groups in total. The van der Waals surface area contributed by atoms with Crippen molar-refractivity contribution < 1.29 is 4.79 Å². The Bertz CT molecular complexity index is 622. The van der Waals surface area contributed by atoms with Crippen LogP contribution in [-0.2, 0) is 11.2 Å². The molecule has 0 aliphatic carbocycles. The Kier molecular flexibility index (Phi) is 4.99. The summed E-state index contributed by atoms with van der Waals surface area (Å²) in [5.41, 5.74) is 9.77. The fraction of sp³-hybridized carbons (Fsp3) is 0.278. The standard InChI is InChI=1S/C18H22N2O/c1-3-20(17-9-5-8-16(19)13-17)18(21)11-10-15-7-4-6-14(2)12-15/h4-9,12-13H,3,10-11,19H2,1-2H3. The fourth-order valence-corrected chi connectivity index (χ4v) is 2.45. The van der Waals surface area contributed by atoms with Crippen molar-refractivity contribution in [2.45, 2.75) is 26.7 Å². The maximum Gasteiger partial charge on any atom is 0.227 e. The lowest BCUT2D eigenvalue weighted by Crippen LogP contribution is -2.30. The minimum Gasteiger partial charge on any atom is -0.399 e. The molecule has 0 atom stereocenters. The van der Waals surface area contributed by atoms with Crippen molar-refractivity contribution in [3.05, 3.63) is 59.7 Å². The number of carbonyl (C=O) groups excluding carboxylic acids is 1. The number of nitrogens with zero attached hydrogens (tertiary/aromatic N) is 1. The molecule has 0 spiro atoms. The number of anilines is 2. The number of aryl methyl sites for hydroxylation is 2. The number of hydrogen-bond acceptors (Lipinski definition) is 2. The Hall–Kier alpha value is -2.29. The third kappa shape index (κ3) is 4.09. The van der Waals surface area contributed by atoms with Gasteiger partial charge in [-0.2, -0.15) is 0 Å². The van der Waals surface area contributed by atoms with Gasteiger partial charge in [0.25, 0.3) is 0 Å². The van der Waals surface area contributed by atoms with E-state index in [0.717, 1.165) is 12.1 Å². The topological polar surface area (TPSA) is 46.3 Å². The van der Waals surface area contributed by atoms with Crippen molar-refractivity contribution in [1.82, 2.24) is 0 Å². The van der Waals surface area contributed by atoms with Crippen molar-refractivity contribution in [2.75, 3.05) is 17.2 Å². The molecule has 3 heteroatoms. The molecule has 0 saturated heterocycles. The van der Waals surface area contributed by atoms with Gasteiger partial charge in [0.2, 0.25) is 5.91 Å². The lowest BCUT2D eigenvalue weighted by molar-refractivity contribution is -0.118. The van der Waals surface area contributed by atoms with E-state index in [0.29, 0.717) is 18.7 Å². The summed E-state index contributed by atoms with van der Waals surface area (Å²) in [6.45, 7) is 4.69. The average Bonchev–Trinajstić information content (AvgIpc) is 2.46. The number of nitrogen functional groups attached to an aromatic ring is 1. The first-order valence-corrected chi connectivity index (χ1v) is 7.31. The summed E-state index contributed by atoms with van der Waals surface area (Å²) in [4.78, 5) is 14.2. The minimum atomic E-state index is 0.129. The smallest absolute Gasteiger partial charge is 0.227 e. The summed E-state index contributed by atoms with van der Waals surface area (Å²) in [5, 5.41) is 0. The van der Waals surface area contributed by atoms with Crippen molar-refractivity contribution >= 4 is 17.3 Å². The largest absolute Gasteiger partial charge is 0.399 e. The second-order valence-corrected chi connectivity index (χ2v) is 5.22. The first-order valence-electron chi connectivity index (χ1n) is 7.31. The van der Waals surface area contributed by atoms with Crippen molar-refractivity contribution in [2.24, 2.45) is 0 Å². The lowest BCUT2D eigenvalue weighted by atomic mass is 10.1. The van der Waals surface area contributed by atoms with Crippen molar-refractivity contribution in [3.63, 3.8) is 0 Å². The Balaban J connectivity index is 2.04. The van der Waals surface area contributed by atoms with Crippen molar-refractivity contribution in [3.8, 4) is 0 Å². The molecule has 21 heavy (non-hydrogen) atoms. The lowest BCUT2D eigenvalue weighted by Gasteiger charge is -2.21. The van der Waals surface area contributed by atoms with E-state index in [1.54, 1.807) is 4.90 Å². The number of benzene rings is 2. The summed E-state index contributed by atoms with van der Waals surface area (Å²) >= 11 is 0. The Morgan fingerprint density at radius 1 is 1.14 bits per heavy atom. The van der Waals surface area contributed by atoms with Gasteiger partial charge in [-0.3, -0.25) is 4.79 Å². The van der Waals surface area contributed by atoms with Crippen LogP contribution >= 0.6 is 0 Å². The molecule has 3 nitrogen and oxygen atoms in total. The van der Waals surface area contributed by atoms with Gasteiger partial charge in [-0.1, -0.05) is 35.9 Å². The van der Waals surface area contributed by atoms with Crippen LogP contribution in [0.3, 0.4) is 0 Å². The quantitative estimate of drug-likeness (QED) is 0.852. The number of nitrogens with two attached hydrogens (primary N) is 1. The highest BCUT2D eigenvalue weighted by Crippen LogP contribution is 2.19. The second kappa shape index (κ2) is 6.93. The highest BCUT2D eigenvalue weighted by atomic mass is 16.2. The normalized spacial score (nSPS) is 10.4. The first kappa shape index (κ1) is 15.1. The summed E-state index contributed by atoms with van der Waals surface area (Å²) in [7, 11) is 0. The van der Waals surface area contributed by atoms with E-state index < -0.39 is 0 Å². The number of hydrogen-bond donors (Lipinski definition) is 1. The molecule has 110 valence electrons. The van der Waals surface area contributed by atoms with Crippen molar-refractivity contribution in [1.29, 1.82) is 0 Å². The van der Waals surface area contributed by atoms with E-state index in [1.165, 1.54) is 11.1 Å². The molecule has 2 aromatic rings. The second-order valence-electron chi connectivity index (χ2n) is 5.22. The van der Waals surface area contributed by atoms with Crippen LogP contribution in [0.4, 0.5) is 11.4 Å². The number of carbonyl (C=O) groups is 1. The van der Waals surface area contributed by atoms with Gasteiger partial charge < -0.3 is 10.6 Å². The van der Waals surface area contributed by atoms with E-state index in [4.69, 9.17) is 5.73 Å². The molecule has 0 radical (unpaired) electrons. The number of amides is 1. The SMILES string of the molecule is CCN(C(=O)CCc1cccc(C)c1)c1cccc(N)c1. The first-order chi connectivity index (χ1) is 10.1. The molecule has 0 aliphatic heterocycles. The molecular formula is C18H22N2O. The van der Waals surface area contributed by atoms with Gasteiger partial charge in [-0.15, -0.1) is 0 Å². The maximum atomic E-state index is 12.4. The van der Waals surface area contributed by atoms with E-state index in [9.17, 15) is 4.79 Å². The predicted octanol–water partition coefficient (Wildman–Crippen LogP) is 3.56. The van der Waals surface area contributed by atoms with Crippen LogP contribution < -0.4 is 10.6 Å². The maximum absolute atomic E-state index is 12.4. The third-order valence-corrected chi connectivity index (χ3v) is 3.51. The molecule has 0 aromatic heterocycles. The van der Waals surface area contributed by atoms with Gasteiger partial charge in [-0.05, 0) is 44.0 Å². The van der Waals surface area contributed by atoms with Crippen LogP contribution in [0.1, 0.15) is 24.5 Å². The Morgan fingerprint density at radius 3 is 2.57 bits per heavy atom. The third-order valence-electron chi connectivity index (χ3n) is 3.51. The molecule has 2 aromatic carbocycles. The van der Waals surface area contributed by atoms with E-state index in [2.05, 4.69) is 25.1 Å². The number of rotatable bonds is 5. The van der Waals surface area contributed by atoms with Crippen LogP contribution in [0.25, 0.3) is 0 Å². The molecule has 0 saturated carbocycles. The van der Waals surface area contributed by atoms with E-state index >= 15 is 0 Å². The molecule has 1 amide bonds. The van der Waals surface area contributed by atoms with Crippen LogP contribution in [-0.4, -0.2) is 12.5 Å². The van der Waals surface area contributed by atoms with Gasteiger partial charge in [-0.25, -0.2) is 0 Å². The zero-order valence-electron chi connectivity index (χ0n) is 12.7. The average molecular weight is 282 g/mol. The summed E-state index contributed by atoms with van der Waals surface area (Å²) < 4.78 is 0. The molecule has 0 unspecified atom stereocenters. The molecule has 0 bridgehead atoms. The Labute approximate surface area is 126 Å². The Morgan fingerprint density at radius 2 is 1.90 bits per heavy atom. The molecule has 0 heterocycles. The monoisotopic (exact) mass is 282 g/mol. The minimum absolute atomic E-state index is 0.129. The van der Waals surface area contributed by atoms with Crippen LogP contribution in [0.2, 0.25) is 0 Å². The van der Waals surface area contributed by atoms with Gasteiger partial charge in [0.15, 0.2) is 0 Å². The summed E-state index contributed by atoms with van der Waals surface area (Å²) in [6.07, 6.45) is 1.27. The summed E-state index contributed by atoms with van der Waals surface area (Å²) in [5.74, 6) is 0.129. The highest BCUT2D eigenvalue weighted by molar-refractivity contribution is 5.93. The zero-order chi connectivity index (χ0) is 15.2. The van der Waals surface area contributed by atoms with E-state index in [1.807, 2.05) is 37.3 Å². The van der Waals surface area contributed by atoms with Gasteiger partial charge in [0, 0.05) is 24.3 Å². The van der Waals surface area contributed by atoms with Gasteiger partial charge in [0.1, 0.15) is 0 Å². The van der Waals surface area contributed by atoms with E-state index in [-0.39, 0.29) is 5.91 Å². The molecular weight excluding hydrogens is 260 g/mol. The fourth-order valence-electron chi connectivity index (χ4n) is 2.45. The predicted molar refractivity (Wildman–Crippen MR) is 88.4 cm³/mol. The highest BCUT2D eigenvalue weighted by Gasteiger charge is 2.13. The van der Waals surface area contributed by atoms with Crippen LogP contribution in [0, 0.1) is 6.92 Å². The zero-order valence-corrected chi connectivity index (χ0v) is 12.7. The molecule has 2 rings (SSSR count). The summed E-state index contributed by atoms with van der Waals surface area (Å²) in [6, 6.07) is 15.8. The van der Waals surface area contributed by atoms with Crippen LogP contribution in [0.5, 0.6) is 0 Å². The van der Waals surface area contributed by atoms with Crippen LogP contribution in [0.15, 0.2) is 48.5 Å². The van der Waals surface area contributed by atoms with Gasteiger partial charge >= 0.3 is 0 Å². The molecule has 0 aliphatic rings. The molecule has 0 fully saturated rings.